The molecule has 0 amide bonds. The van der Waals surface area contributed by atoms with Gasteiger partial charge in [0.25, 0.3) is 0 Å². The fourth-order valence-corrected chi connectivity index (χ4v) is 1.62. The van der Waals surface area contributed by atoms with Gasteiger partial charge in [0.05, 0.1) is 0 Å². The Bertz CT molecular complexity index is 154. The van der Waals surface area contributed by atoms with Crippen LogP contribution in [0.3, 0.4) is 0 Å². The van der Waals surface area contributed by atoms with Crippen LogP contribution in [0.2, 0.25) is 0 Å². The Balaban J connectivity index is 2.14. The molecule has 1 fully saturated rings. The fraction of sp³-hybridized carbons (Fsp3) is 0.800. The van der Waals surface area contributed by atoms with Gasteiger partial charge in [-0.05, 0) is 31.8 Å². The normalized spacial score (nSPS) is 20.7. The third-order valence-corrected chi connectivity index (χ3v) is 2.54. The monoisotopic (exact) mass is 167 g/mol. The van der Waals surface area contributed by atoms with Gasteiger partial charge in [-0.15, -0.1) is 12.3 Å². The molecule has 0 spiro atoms. The molecule has 0 aliphatic carbocycles. The van der Waals surface area contributed by atoms with E-state index in [9.17, 15) is 0 Å². The molecule has 12 heavy (non-hydrogen) atoms. The van der Waals surface area contributed by atoms with E-state index in [2.05, 4.69) is 10.8 Å². The molecule has 2 heteroatoms. The highest BCUT2D eigenvalue weighted by Crippen LogP contribution is 2.15. The molecule has 0 saturated carbocycles. The number of piperidine rings is 1. The molecule has 1 rings (SSSR count). The summed E-state index contributed by atoms with van der Waals surface area (Å²) >= 11 is 0. The summed E-state index contributed by atoms with van der Waals surface area (Å²) in [5.74, 6) is 3.18. The van der Waals surface area contributed by atoms with Crippen molar-refractivity contribution in [1.82, 2.24) is 4.90 Å². The molecule has 1 aliphatic rings. The smallest absolute Gasteiger partial charge is 0.0460 e. The van der Waals surface area contributed by atoms with Gasteiger partial charge < -0.3 is 10.0 Å². The van der Waals surface area contributed by atoms with E-state index in [1.165, 1.54) is 0 Å². The third kappa shape index (κ3) is 2.84. The topological polar surface area (TPSA) is 23.5 Å². The fourth-order valence-electron chi connectivity index (χ4n) is 1.62. The van der Waals surface area contributed by atoms with Crippen LogP contribution in [0.15, 0.2) is 0 Å². The minimum Gasteiger partial charge on any atom is -0.396 e. The van der Waals surface area contributed by atoms with E-state index in [0.29, 0.717) is 12.5 Å². The summed E-state index contributed by atoms with van der Waals surface area (Å²) in [4.78, 5) is 2.38. The Hall–Kier alpha value is -0.520. The van der Waals surface area contributed by atoms with Crippen LogP contribution in [0.5, 0.6) is 0 Å². The summed E-state index contributed by atoms with van der Waals surface area (Å²) in [5.41, 5.74) is 0. The lowest BCUT2D eigenvalue weighted by atomic mass is 9.98. The van der Waals surface area contributed by atoms with E-state index in [-0.39, 0.29) is 0 Å². The number of terminal acetylenes is 1. The lowest BCUT2D eigenvalue weighted by molar-refractivity contribution is 0.133. The van der Waals surface area contributed by atoms with E-state index >= 15 is 0 Å². The van der Waals surface area contributed by atoms with Crippen molar-refractivity contribution in [2.45, 2.75) is 19.3 Å². The largest absolute Gasteiger partial charge is 0.396 e. The molecule has 0 radical (unpaired) electrons. The molecule has 0 unspecified atom stereocenters. The summed E-state index contributed by atoms with van der Waals surface area (Å²) in [6.07, 6.45) is 8.29. The Morgan fingerprint density at radius 3 is 2.58 bits per heavy atom. The summed E-state index contributed by atoms with van der Waals surface area (Å²) < 4.78 is 0. The number of nitrogens with zero attached hydrogens (tertiary/aromatic N) is 1. The maximum atomic E-state index is 8.90. The van der Waals surface area contributed by atoms with E-state index in [1.807, 2.05) is 0 Å². The average Bonchev–Trinajstić information content (AvgIpc) is 2.15. The molecule has 0 aromatic heterocycles. The van der Waals surface area contributed by atoms with Crippen LogP contribution in [-0.2, 0) is 0 Å². The van der Waals surface area contributed by atoms with Gasteiger partial charge in [0, 0.05) is 19.6 Å². The van der Waals surface area contributed by atoms with Crippen molar-refractivity contribution in [3.8, 4) is 12.3 Å². The molecule has 0 aromatic carbocycles. The van der Waals surface area contributed by atoms with Crippen molar-refractivity contribution in [3.05, 3.63) is 0 Å². The van der Waals surface area contributed by atoms with Crippen molar-refractivity contribution in [2.24, 2.45) is 5.92 Å². The second-order valence-electron chi connectivity index (χ2n) is 3.42. The molecule has 0 aromatic rings. The van der Waals surface area contributed by atoms with Gasteiger partial charge in [-0.25, -0.2) is 0 Å². The first-order chi connectivity index (χ1) is 5.86. The maximum absolute atomic E-state index is 8.90. The summed E-state index contributed by atoms with van der Waals surface area (Å²) in [6.45, 7) is 3.58. The first kappa shape index (κ1) is 9.57. The van der Waals surface area contributed by atoms with E-state index in [4.69, 9.17) is 11.5 Å². The minimum absolute atomic E-state index is 0.350. The maximum Gasteiger partial charge on any atom is 0.0460 e. The quantitative estimate of drug-likeness (QED) is 0.626. The average molecular weight is 167 g/mol. The third-order valence-electron chi connectivity index (χ3n) is 2.54. The Kier molecular flexibility index (Phi) is 4.13. The molecular weight excluding hydrogens is 150 g/mol. The van der Waals surface area contributed by atoms with Crippen molar-refractivity contribution in [3.63, 3.8) is 0 Å². The zero-order valence-electron chi connectivity index (χ0n) is 7.50. The second-order valence-corrected chi connectivity index (χ2v) is 3.42. The minimum atomic E-state index is 0.350. The molecule has 0 bridgehead atoms. The molecule has 1 saturated heterocycles. The van der Waals surface area contributed by atoms with Crippen LogP contribution >= 0.6 is 0 Å². The molecule has 0 atom stereocenters. The highest BCUT2D eigenvalue weighted by molar-refractivity contribution is 4.85. The number of aliphatic hydroxyl groups excluding tert-OH is 1. The molecule has 68 valence electrons. The summed E-state index contributed by atoms with van der Waals surface area (Å²) in [6, 6.07) is 0. The summed E-state index contributed by atoms with van der Waals surface area (Å²) in [7, 11) is 0. The number of hydrogen-bond donors (Lipinski definition) is 1. The van der Waals surface area contributed by atoms with Gasteiger partial charge in [0.15, 0.2) is 0 Å². The highest BCUT2D eigenvalue weighted by atomic mass is 16.3. The first-order valence-corrected chi connectivity index (χ1v) is 4.63. The van der Waals surface area contributed by atoms with Crippen LogP contribution in [-0.4, -0.2) is 36.2 Å². The van der Waals surface area contributed by atoms with Crippen LogP contribution in [0.25, 0.3) is 0 Å². The van der Waals surface area contributed by atoms with Crippen LogP contribution in [0.1, 0.15) is 19.3 Å². The zero-order chi connectivity index (χ0) is 8.81. The van der Waals surface area contributed by atoms with Crippen molar-refractivity contribution in [2.75, 3.05) is 26.2 Å². The lowest BCUT2D eigenvalue weighted by Gasteiger charge is -2.30. The van der Waals surface area contributed by atoms with Gasteiger partial charge >= 0.3 is 0 Å². The van der Waals surface area contributed by atoms with Crippen molar-refractivity contribution < 1.29 is 5.11 Å². The predicted octanol–water partition coefficient (Wildman–Crippen LogP) is 0.714. The van der Waals surface area contributed by atoms with E-state index in [1.54, 1.807) is 0 Å². The van der Waals surface area contributed by atoms with Gasteiger partial charge in [0.2, 0.25) is 0 Å². The predicted molar refractivity (Wildman–Crippen MR) is 49.7 cm³/mol. The van der Waals surface area contributed by atoms with E-state index in [0.717, 1.165) is 38.9 Å². The lowest BCUT2D eigenvalue weighted by Crippen LogP contribution is -2.35. The van der Waals surface area contributed by atoms with Crippen LogP contribution in [0.4, 0.5) is 0 Å². The Morgan fingerprint density at radius 1 is 1.42 bits per heavy atom. The summed E-state index contributed by atoms with van der Waals surface area (Å²) in [5, 5.41) is 8.90. The Morgan fingerprint density at radius 2 is 2.08 bits per heavy atom. The number of likely N-dealkylation sites (tertiary alicyclic amines) is 1. The van der Waals surface area contributed by atoms with Crippen LogP contribution in [0, 0.1) is 18.3 Å². The standard InChI is InChI=1S/C10H17NO/c1-2-3-6-11-7-4-10(9-12)5-8-11/h1,10,12H,3-9H2. The van der Waals surface area contributed by atoms with Gasteiger partial charge in [-0.2, -0.15) is 0 Å². The molecule has 1 aliphatic heterocycles. The SMILES string of the molecule is C#CCCN1CCC(CO)CC1. The Labute approximate surface area is 74.6 Å². The van der Waals surface area contributed by atoms with Gasteiger partial charge in [-0.3, -0.25) is 0 Å². The number of aliphatic hydroxyl groups is 1. The number of hydrogen-bond acceptors (Lipinski definition) is 2. The second kappa shape index (κ2) is 5.18. The first-order valence-electron chi connectivity index (χ1n) is 4.63. The van der Waals surface area contributed by atoms with Crippen LogP contribution < -0.4 is 0 Å². The van der Waals surface area contributed by atoms with Gasteiger partial charge in [-0.1, -0.05) is 0 Å². The van der Waals surface area contributed by atoms with E-state index < -0.39 is 0 Å². The highest BCUT2D eigenvalue weighted by Gasteiger charge is 2.17. The molecule has 2 nitrogen and oxygen atoms in total. The number of rotatable bonds is 3. The molecule has 1 N–H and O–H groups in total. The zero-order valence-corrected chi connectivity index (χ0v) is 7.50. The van der Waals surface area contributed by atoms with Crippen molar-refractivity contribution in [1.29, 1.82) is 0 Å². The van der Waals surface area contributed by atoms with Crippen molar-refractivity contribution >= 4 is 0 Å². The molecule has 1 heterocycles. The molecular formula is C10H17NO. The van der Waals surface area contributed by atoms with Gasteiger partial charge in [0.1, 0.15) is 0 Å².